The highest BCUT2D eigenvalue weighted by Crippen LogP contribution is 2.22. The molecule has 0 bridgehead atoms. The Morgan fingerprint density at radius 3 is 2.38 bits per heavy atom. The number of hydrogen-bond donors (Lipinski definition) is 1. The fraction of sp³-hybridized carbons (Fsp3) is 0.364. The first-order valence-corrected chi connectivity index (χ1v) is 4.25. The van der Waals surface area contributed by atoms with E-state index in [4.69, 9.17) is 5.11 Å². The minimum atomic E-state index is -0.869. The van der Waals surface area contributed by atoms with Crippen molar-refractivity contribution in [2.75, 3.05) is 0 Å². The molecule has 2 nitrogen and oxygen atoms in total. The first-order chi connectivity index (χ1) is 5.91. The Morgan fingerprint density at radius 2 is 1.92 bits per heavy atom. The minimum Gasteiger partial charge on any atom is -0.478 e. The third-order valence-corrected chi connectivity index (χ3v) is 1.98. The van der Waals surface area contributed by atoms with Gasteiger partial charge in [0.05, 0.1) is 5.56 Å². The van der Waals surface area contributed by atoms with Crippen LogP contribution in [0.5, 0.6) is 0 Å². The van der Waals surface area contributed by atoms with Crippen molar-refractivity contribution in [3.63, 3.8) is 0 Å². The molecule has 0 heterocycles. The second-order valence-electron chi connectivity index (χ2n) is 4.14. The van der Waals surface area contributed by atoms with Gasteiger partial charge in [-0.2, -0.15) is 0 Å². The van der Waals surface area contributed by atoms with Crippen molar-refractivity contribution in [2.45, 2.75) is 26.2 Å². The number of carboxylic acids is 1. The lowest BCUT2D eigenvalue weighted by Gasteiger charge is -2.18. The Morgan fingerprint density at radius 1 is 1.31 bits per heavy atom. The SMILES string of the molecule is CC(C)(C)c1cccc(C(=O)O)c1. The van der Waals surface area contributed by atoms with E-state index in [0.717, 1.165) is 5.56 Å². The summed E-state index contributed by atoms with van der Waals surface area (Å²) in [5.74, 6) is -0.869. The molecular weight excluding hydrogens is 164 g/mol. The van der Waals surface area contributed by atoms with Gasteiger partial charge in [-0.05, 0) is 23.1 Å². The summed E-state index contributed by atoms with van der Waals surface area (Å²) in [4.78, 5) is 10.7. The summed E-state index contributed by atoms with van der Waals surface area (Å²) in [6.45, 7) is 6.19. The van der Waals surface area contributed by atoms with E-state index >= 15 is 0 Å². The van der Waals surface area contributed by atoms with E-state index in [1.807, 2.05) is 6.07 Å². The average Bonchev–Trinajstić information content (AvgIpc) is 2.03. The molecule has 0 aliphatic rings. The summed E-state index contributed by atoms with van der Waals surface area (Å²) in [5, 5.41) is 8.77. The lowest BCUT2D eigenvalue weighted by molar-refractivity contribution is 0.0696. The van der Waals surface area contributed by atoms with Gasteiger partial charge in [-0.1, -0.05) is 32.9 Å². The summed E-state index contributed by atoms with van der Waals surface area (Å²) in [5.41, 5.74) is 1.41. The Hall–Kier alpha value is -1.31. The molecule has 1 aromatic carbocycles. The summed E-state index contributed by atoms with van der Waals surface area (Å²) in [7, 11) is 0. The van der Waals surface area contributed by atoms with Gasteiger partial charge in [0.2, 0.25) is 0 Å². The van der Waals surface area contributed by atoms with Crippen LogP contribution in [0.2, 0.25) is 0 Å². The van der Waals surface area contributed by atoms with Crippen molar-refractivity contribution < 1.29 is 9.90 Å². The summed E-state index contributed by atoms with van der Waals surface area (Å²) in [6, 6.07) is 7.07. The predicted molar refractivity (Wildman–Crippen MR) is 52.1 cm³/mol. The van der Waals surface area contributed by atoms with Crippen molar-refractivity contribution >= 4 is 5.97 Å². The van der Waals surface area contributed by atoms with Crippen molar-refractivity contribution in [3.05, 3.63) is 35.4 Å². The van der Waals surface area contributed by atoms with E-state index in [1.54, 1.807) is 18.2 Å². The molecule has 0 saturated carbocycles. The van der Waals surface area contributed by atoms with Gasteiger partial charge in [-0.15, -0.1) is 0 Å². The van der Waals surface area contributed by atoms with Crippen LogP contribution in [0, 0.1) is 0 Å². The minimum absolute atomic E-state index is 0.00542. The van der Waals surface area contributed by atoms with Gasteiger partial charge in [-0.25, -0.2) is 4.79 Å². The van der Waals surface area contributed by atoms with Crippen LogP contribution in [0.3, 0.4) is 0 Å². The lowest BCUT2D eigenvalue weighted by Crippen LogP contribution is -2.12. The molecule has 0 radical (unpaired) electrons. The number of rotatable bonds is 1. The van der Waals surface area contributed by atoms with E-state index in [2.05, 4.69) is 20.8 Å². The first-order valence-electron chi connectivity index (χ1n) is 4.25. The molecule has 0 saturated heterocycles. The second kappa shape index (κ2) is 3.21. The van der Waals surface area contributed by atoms with Crippen LogP contribution in [-0.2, 0) is 5.41 Å². The molecule has 0 aliphatic carbocycles. The first kappa shape index (κ1) is 9.78. The Balaban J connectivity index is 3.13. The monoisotopic (exact) mass is 178 g/mol. The number of benzene rings is 1. The molecule has 0 fully saturated rings. The van der Waals surface area contributed by atoms with Crippen molar-refractivity contribution in [2.24, 2.45) is 0 Å². The molecule has 1 N–H and O–H groups in total. The highest BCUT2D eigenvalue weighted by Gasteiger charge is 2.14. The molecule has 1 aromatic rings. The lowest BCUT2D eigenvalue weighted by atomic mass is 9.86. The maximum absolute atomic E-state index is 10.7. The van der Waals surface area contributed by atoms with Crippen LogP contribution >= 0.6 is 0 Å². The number of carboxylic acid groups (broad SMARTS) is 1. The molecule has 0 amide bonds. The van der Waals surface area contributed by atoms with Crippen LogP contribution in [-0.4, -0.2) is 11.1 Å². The second-order valence-corrected chi connectivity index (χ2v) is 4.14. The Kier molecular flexibility index (Phi) is 2.41. The molecule has 2 heteroatoms. The van der Waals surface area contributed by atoms with Gasteiger partial charge in [0.25, 0.3) is 0 Å². The normalized spacial score (nSPS) is 11.3. The number of carbonyl (C=O) groups is 1. The van der Waals surface area contributed by atoms with Crippen molar-refractivity contribution in [1.29, 1.82) is 0 Å². The highest BCUT2D eigenvalue weighted by atomic mass is 16.4. The number of hydrogen-bond acceptors (Lipinski definition) is 1. The van der Waals surface area contributed by atoms with Gasteiger partial charge < -0.3 is 5.11 Å². The largest absolute Gasteiger partial charge is 0.478 e. The van der Waals surface area contributed by atoms with Gasteiger partial charge in [-0.3, -0.25) is 0 Å². The van der Waals surface area contributed by atoms with Crippen molar-refractivity contribution in [3.8, 4) is 0 Å². The zero-order valence-electron chi connectivity index (χ0n) is 8.16. The zero-order chi connectivity index (χ0) is 10.1. The molecule has 13 heavy (non-hydrogen) atoms. The van der Waals surface area contributed by atoms with Crippen molar-refractivity contribution in [1.82, 2.24) is 0 Å². The quantitative estimate of drug-likeness (QED) is 0.717. The molecule has 0 unspecified atom stereocenters. The molecular formula is C11H14O2. The van der Waals surface area contributed by atoms with Crippen LogP contribution < -0.4 is 0 Å². The van der Waals surface area contributed by atoms with Crippen LogP contribution in [0.25, 0.3) is 0 Å². The molecule has 0 aromatic heterocycles. The molecule has 0 aliphatic heterocycles. The molecule has 1 rings (SSSR count). The van der Waals surface area contributed by atoms with E-state index in [1.165, 1.54) is 0 Å². The van der Waals surface area contributed by atoms with E-state index < -0.39 is 5.97 Å². The van der Waals surface area contributed by atoms with Gasteiger partial charge in [0.1, 0.15) is 0 Å². The summed E-state index contributed by atoms with van der Waals surface area (Å²) < 4.78 is 0. The van der Waals surface area contributed by atoms with Crippen LogP contribution in [0.1, 0.15) is 36.7 Å². The fourth-order valence-electron chi connectivity index (χ4n) is 1.12. The maximum Gasteiger partial charge on any atom is 0.335 e. The third kappa shape index (κ3) is 2.31. The number of aromatic carboxylic acids is 1. The smallest absolute Gasteiger partial charge is 0.335 e. The van der Waals surface area contributed by atoms with Gasteiger partial charge >= 0.3 is 5.97 Å². The van der Waals surface area contributed by atoms with E-state index in [-0.39, 0.29) is 5.41 Å². The third-order valence-electron chi connectivity index (χ3n) is 1.98. The van der Waals surface area contributed by atoms with Gasteiger partial charge in [0, 0.05) is 0 Å². The maximum atomic E-state index is 10.7. The Bertz CT molecular complexity index is 321. The molecule has 70 valence electrons. The highest BCUT2D eigenvalue weighted by molar-refractivity contribution is 5.87. The van der Waals surface area contributed by atoms with Crippen LogP contribution in [0.4, 0.5) is 0 Å². The summed E-state index contributed by atoms with van der Waals surface area (Å²) in [6.07, 6.45) is 0. The van der Waals surface area contributed by atoms with E-state index in [0.29, 0.717) is 5.56 Å². The molecule has 0 atom stereocenters. The average molecular weight is 178 g/mol. The van der Waals surface area contributed by atoms with Crippen LogP contribution in [0.15, 0.2) is 24.3 Å². The predicted octanol–water partition coefficient (Wildman–Crippen LogP) is 2.68. The Labute approximate surface area is 78.2 Å². The summed E-state index contributed by atoms with van der Waals surface area (Å²) >= 11 is 0. The standard InChI is InChI=1S/C11H14O2/c1-11(2,3)9-6-4-5-8(7-9)10(12)13/h4-7H,1-3H3,(H,12,13). The molecule has 0 spiro atoms. The fourth-order valence-corrected chi connectivity index (χ4v) is 1.12. The zero-order valence-corrected chi connectivity index (χ0v) is 8.16. The van der Waals surface area contributed by atoms with Gasteiger partial charge in [0.15, 0.2) is 0 Å². The van der Waals surface area contributed by atoms with E-state index in [9.17, 15) is 4.79 Å². The topological polar surface area (TPSA) is 37.3 Å².